The van der Waals surface area contributed by atoms with Crippen molar-refractivity contribution in [2.24, 2.45) is 5.92 Å². The molecule has 1 aliphatic rings. The molecule has 0 saturated carbocycles. The number of aliphatic hydroxyl groups excluding tert-OH is 2. The zero-order valence-corrected chi connectivity index (χ0v) is 7.29. The zero-order valence-electron chi connectivity index (χ0n) is 7.29. The lowest BCUT2D eigenvalue weighted by molar-refractivity contribution is 0.300. The van der Waals surface area contributed by atoms with Gasteiger partial charge in [-0.05, 0) is 36.3 Å². The van der Waals surface area contributed by atoms with Crippen LogP contribution in [-0.2, 0) is 0 Å². The maximum atomic E-state index is 8.84. The summed E-state index contributed by atoms with van der Waals surface area (Å²) in [5.41, 5.74) is 2.04. The van der Waals surface area contributed by atoms with E-state index in [9.17, 15) is 0 Å². The summed E-state index contributed by atoms with van der Waals surface area (Å²) in [5.74, 6) is 0.422. The minimum absolute atomic E-state index is 0.0902. The molecule has 2 N–H and O–H groups in total. The van der Waals surface area contributed by atoms with Gasteiger partial charge in [-0.3, -0.25) is 0 Å². The number of hydrogen-bond donors (Lipinski definition) is 2. The Hall–Kier alpha value is -0.600. The van der Waals surface area contributed by atoms with Gasteiger partial charge in [-0.15, -0.1) is 0 Å². The predicted octanol–water partition coefficient (Wildman–Crippen LogP) is 1.25. The highest BCUT2D eigenvalue weighted by molar-refractivity contribution is 5.13. The van der Waals surface area contributed by atoms with Crippen molar-refractivity contribution in [3.63, 3.8) is 0 Å². The average molecular weight is 168 g/mol. The van der Waals surface area contributed by atoms with E-state index in [1.807, 2.05) is 0 Å². The molecule has 0 heterocycles. The van der Waals surface area contributed by atoms with Gasteiger partial charge in [0.15, 0.2) is 0 Å². The van der Waals surface area contributed by atoms with Crippen molar-refractivity contribution in [2.45, 2.75) is 19.3 Å². The average Bonchev–Trinajstić information content (AvgIpc) is 2.17. The van der Waals surface area contributed by atoms with E-state index in [2.05, 4.69) is 12.7 Å². The van der Waals surface area contributed by atoms with Crippen molar-refractivity contribution in [1.29, 1.82) is 0 Å². The highest BCUT2D eigenvalue weighted by Crippen LogP contribution is 2.27. The Kier molecular flexibility index (Phi) is 3.50. The topological polar surface area (TPSA) is 40.5 Å². The summed E-state index contributed by atoms with van der Waals surface area (Å²) in [6.07, 6.45) is 4.95. The summed E-state index contributed by atoms with van der Waals surface area (Å²) in [6.45, 7) is 4.08. The summed E-state index contributed by atoms with van der Waals surface area (Å²) < 4.78 is 0. The van der Waals surface area contributed by atoms with Crippen LogP contribution < -0.4 is 0 Å². The van der Waals surface area contributed by atoms with Crippen molar-refractivity contribution < 1.29 is 10.2 Å². The van der Waals surface area contributed by atoms with E-state index < -0.39 is 0 Å². The Balaban J connectivity index is 2.46. The van der Waals surface area contributed by atoms with Crippen molar-refractivity contribution >= 4 is 0 Å². The molecule has 0 aromatic carbocycles. The van der Waals surface area contributed by atoms with Crippen LogP contribution >= 0.6 is 0 Å². The van der Waals surface area contributed by atoms with Gasteiger partial charge in [0.2, 0.25) is 0 Å². The molecule has 1 rings (SSSR count). The summed E-state index contributed by atoms with van der Waals surface area (Å²) in [6, 6.07) is 0. The van der Waals surface area contributed by atoms with Crippen molar-refractivity contribution in [2.75, 3.05) is 13.2 Å². The van der Waals surface area contributed by atoms with E-state index in [0.717, 1.165) is 30.4 Å². The van der Waals surface area contributed by atoms with Crippen LogP contribution in [0.5, 0.6) is 0 Å². The molecule has 1 aliphatic carbocycles. The smallest absolute Gasteiger partial charge is 0.0641 e. The summed E-state index contributed by atoms with van der Waals surface area (Å²) in [4.78, 5) is 0. The second kappa shape index (κ2) is 4.43. The molecule has 0 bridgehead atoms. The van der Waals surface area contributed by atoms with Crippen LogP contribution in [0, 0.1) is 5.92 Å². The largest absolute Gasteiger partial charge is 0.392 e. The maximum Gasteiger partial charge on any atom is 0.0641 e. The van der Waals surface area contributed by atoms with Crippen LogP contribution in [0.1, 0.15) is 19.3 Å². The molecular weight excluding hydrogens is 152 g/mol. The Morgan fingerprint density at radius 1 is 1.58 bits per heavy atom. The molecule has 0 spiro atoms. The summed E-state index contributed by atoms with van der Waals surface area (Å²) in [5, 5.41) is 17.7. The fourth-order valence-corrected chi connectivity index (χ4v) is 1.53. The van der Waals surface area contributed by atoms with Gasteiger partial charge in [0.1, 0.15) is 0 Å². The quantitative estimate of drug-likeness (QED) is 0.623. The molecule has 0 saturated heterocycles. The Morgan fingerprint density at radius 3 is 2.75 bits per heavy atom. The standard InChI is InChI=1S/C10H16O2/c1-8(6-11)10-4-2-9(7-12)3-5-10/h2,10-12H,1,3-7H2/t10-/m1/s1. The van der Waals surface area contributed by atoms with Gasteiger partial charge in [0.25, 0.3) is 0 Å². The molecule has 0 aromatic rings. The molecule has 0 aliphatic heterocycles. The highest BCUT2D eigenvalue weighted by Gasteiger charge is 2.15. The highest BCUT2D eigenvalue weighted by atomic mass is 16.3. The number of aliphatic hydroxyl groups is 2. The number of hydrogen-bond acceptors (Lipinski definition) is 2. The second-order valence-corrected chi connectivity index (χ2v) is 3.31. The van der Waals surface area contributed by atoms with Crippen LogP contribution in [0.25, 0.3) is 0 Å². The minimum atomic E-state index is 0.0902. The van der Waals surface area contributed by atoms with Crippen molar-refractivity contribution in [3.8, 4) is 0 Å². The lowest BCUT2D eigenvalue weighted by Gasteiger charge is -2.21. The molecule has 0 amide bonds. The molecule has 12 heavy (non-hydrogen) atoms. The molecule has 0 aromatic heterocycles. The fourth-order valence-electron chi connectivity index (χ4n) is 1.53. The van der Waals surface area contributed by atoms with E-state index in [1.54, 1.807) is 0 Å². The van der Waals surface area contributed by atoms with E-state index >= 15 is 0 Å². The van der Waals surface area contributed by atoms with E-state index in [4.69, 9.17) is 10.2 Å². The lowest BCUT2D eigenvalue weighted by atomic mass is 9.85. The number of allylic oxidation sites excluding steroid dienone is 1. The third-order valence-electron chi connectivity index (χ3n) is 2.49. The first-order valence-corrected chi connectivity index (χ1v) is 4.35. The van der Waals surface area contributed by atoms with Gasteiger partial charge in [0.05, 0.1) is 13.2 Å². The first-order valence-electron chi connectivity index (χ1n) is 4.35. The van der Waals surface area contributed by atoms with E-state index in [-0.39, 0.29) is 13.2 Å². The third-order valence-corrected chi connectivity index (χ3v) is 2.49. The molecule has 0 radical (unpaired) electrons. The zero-order chi connectivity index (χ0) is 8.97. The molecule has 68 valence electrons. The number of rotatable bonds is 3. The Bertz CT molecular complexity index is 194. The molecular formula is C10H16O2. The lowest BCUT2D eigenvalue weighted by Crippen LogP contribution is -2.11. The van der Waals surface area contributed by atoms with Gasteiger partial charge >= 0.3 is 0 Å². The Morgan fingerprint density at radius 2 is 2.33 bits per heavy atom. The van der Waals surface area contributed by atoms with Gasteiger partial charge in [-0.25, -0.2) is 0 Å². The maximum absolute atomic E-state index is 8.84. The van der Waals surface area contributed by atoms with Crippen LogP contribution in [0.3, 0.4) is 0 Å². The molecule has 0 unspecified atom stereocenters. The van der Waals surface area contributed by atoms with Crippen LogP contribution in [-0.4, -0.2) is 23.4 Å². The normalized spacial score (nSPS) is 23.5. The van der Waals surface area contributed by atoms with E-state index in [1.165, 1.54) is 0 Å². The van der Waals surface area contributed by atoms with Gasteiger partial charge in [-0.2, -0.15) is 0 Å². The predicted molar refractivity (Wildman–Crippen MR) is 48.7 cm³/mol. The summed E-state index contributed by atoms with van der Waals surface area (Å²) >= 11 is 0. The SMILES string of the molecule is C=C(CO)[C@@H]1CC=C(CO)CC1. The van der Waals surface area contributed by atoms with Crippen molar-refractivity contribution in [1.82, 2.24) is 0 Å². The van der Waals surface area contributed by atoms with Crippen LogP contribution in [0.15, 0.2) is 23.8 Å². The molecule has 2 nitrogen and oxygen atoms in total. The first-order chi connectivity index (χ1) is 5.77. The third kappa shape index (κ3) is 2.19. The van der Waals surface area contributed by atoms with Crippen LogP contribution in [0.2, 0.25) is 0 Å². The minimum Gasteiger partial charge on any atom is -0.392 e. The first kappa shape index (κ1) is 9.49. The molecule has 1 atom stereocenters. The Labute approximate surface area is 73.2 Å². The molecule has 0 fully saturated rings. The summed E-state index contributed by atoms with van der Waals surface area (Å²) in [7, 11) is 0. The van der Waals surface area contributed by atoms with Gasteiger partial charge < -0.3 is 10.2 Å². The second-order valence-electron chi connectivity index (χ2n) is 3.31. The van der Waals surface area contributed by atoms with Gasteiger partial charge in [-0.1, -0.05) is 12.7 Å². The fraction of sp³-hybridized carbons (Fsp3) is 0.600. The monoisotopic (exact) mass is 168 g/mol. The van der Waals surface area contributed by atoms with Gasteiger partial charge in [0, 0.05) is 0 Å². The molecule has 2 heteroatoms. The van der Waals surface area contributed by atoms with E-state index in [0.29, 0.717) is 5.92 Å². The van der Waals surface area contributed by atoms with Crippen LogP contribution in [0.4, 0.5) is 0 Å². The van der Waals surface area contributed by atoms with Crippen molar-refractivity contribution in [3.05, 3.63) is 23.8 Å².